The van der Waals surface area contributed by atoms with Gasteiger partial charge in [0.05, 0.1) is 6.10 Å². The zero-order valence-electron chi connectivity index (χ0n) is 10.3. The van der Waals surface area contributed by atoms with Crippen molar-refractivity contribution in [1.29, 1.82) is 0 Å². The Labute approximate surface area is 103 Å². The lowest BCUT2D eigenvalue weighted by Crippen LogP contribution is -2.42. The average molecular weight is 231 g/mol. The van der Waals surface area contributed by atoms with Gasteiger partial charge in [-0.05, 0) is 37.7 Å². The van der Waals surface area contributed by atoms with Gasteiger partial charge in [0.25, 0.3) is 0 Å². The summed E-state index contributed by atoms with van der Waals surface area (Å²) < 4.78 is 5.85. The highest BCUT2D eigenvalue weighted by molar-refractivity contribution is 5.16. The molecule has 2 heteroatoms. The monoisotopic (exact) mass is 231 g/mol. The largest absolute Gasteiger partial charge is 0.377 e. The maximum absolute atomic E-state index is 5.85. The topological polar surface area (TPSA) is 21.3 Å². The Bertz CT molecular complexity index is 341. The first-order chi connectivity index (χ1) is 8.42. The van der Waals surface area contributed by atoms with Gasteiger partial charge in [-0.1, -0.05) is 30.3 Å². The molecule has 17 heavy (non-hydrogen) atoms. The predicted octanol–water partition coefficient (Wildman–Crippen LogP) is 2.53. The zero-order chi connectivity index (χ0) is 11.5. The maximum Gasteiger partial charge on any atom is 0.0732 e. The Kier molecular flexibility index (Phi) is 3.44. The van der Waals surface area contributed by atoms with Crippen LogP contribution in [0.2, 0.25) is 0 Å². The molecule has 0 spiro atoms. The van der Waals surface area contributed by atoms with Crippen molar-refractivity contribution < 1.29 is 4.74 Å². The Hall–Kier alpha value is -0.860. The number of ether oxygens (including phenoxy) is 1. The lowest BCUT2D eigenvalue weighted by molar-refractivity contribution is 0.0776. The van der Waals surface area contributed by atoms with Gasteiger partial charge in [0.15, 0.2) is 0 Å². The maximum atomic E-state index is 5.85. The van der Waals surface area contributed by atoms with Crippen LogP contribution >= 0.6 is 0 Å². The highest BCUT2D eigenvalue weighted by atomic mass is 16.5. The quantitative estimate of drug-likeness (QED) is 0.841. The third kappa shape index (κ3) is 3.08. The van der Waals surface area contributed by atoms with Gasteiger partial charge in [-0.3, -0.25) is 0 Å². The van der Waals surface area contributed by atoms with Gasteiger partial charge in [-0.15, -0.1) is 0 Å². The molecule has 0 aromatic heterocycles. The molecule has 1 aromatic rings. The van der Waals surface area contributed by atoms with Crippen LogP contribution in [0, 0.1) is 0 Å². The van der Waals surface area contributed by atoms with Crippen LogP contribution < -0.4 is 5.32 Å². The third-order valence-corrected chi connectivity index (χ3v) is 3.74. The first kappa shape index (κ1) is 11.2. The molecule has 2 nitrogen and oxygen atoms in total. The average Bonchev–Trinajstić information content (AvgIpc) is 3.01. The second-order valence-electron chi connectivity index (χ2n) is 5.29. The van der Waals surface area contributed by atoms with E-state index in [1.807, 2.05) is 0 Å². The van der Waals surface area contributed by atoms with E-state index in [0.717, 1.165) is 19.1 Å². The van der Waals surface area contributed by atoms with Crippen molar-refractivity contribution in [3.8, 4) is 0 Å². The summed E-state index contributed by atoms with van der Waals surface area (Å²) in [7, 11) is 0. The van der Waals surface area contributed by atoms with Crippen molar-refractivity contribution >= 4 is 0 Å². The van der Waals surface area contributed by atoms with Gasteiger partial charge < -0.3 is 10.1 Å². The van der Waals surface area contributed by atoms with Gasteiger partial charge >= 0.3 is 0 Å². The van der Waals surface area contributed by atoms with Crippen LogP contribution in [0.4, 0.5) is 0 Å². The van der Waals surface area contributed by atoms with E-state index in [-0.39, 0.29) is 0 Å². The minimum atomic E-state index is 0.427. The Morgan fingerprint density at radius 1 is 1.18 bits per heavy atom. The molecule has 1 heterocycles. The van der Waals surface area contributed by atoms with Gasteiger partial charge in [0, 0.05) is 18.7 Å². The smallest absolute Gasteiger partial charge is 0.0732 e. The van der Waals surface area contributed by atoms with E-state index in [1.165, 1.54) is 31.2 Å². The van der Waals surface area contributed by atoms with Crippen LogP contribution in [-0.4, -0.2) is 24.8 Å². The summed E-state index contributed by atoms with van der Waals surface area (Å²) in [5, 5.41) is 3.76. The van der Waals surface area contributed by atoms with E-state index >= 15 is 0 Å². The van der Waals surface area contributed by atoms with E-state index in [0.29, 0.717) is 12.1 Å². The molecule has 2 aliphatic rings. The van der Waals surface area contributed by atoms with Gasteiger partial charge in [0.2, 0.25) is 0 Å². The summed E-state index contributed by atoms with van der Waals surface area (Å²) >= 11 is 0. The predicted molar refractivity (Wildman–Crippen MR) is 69.1 cm³/mol. The van der Waals surface area contributed by atoms with Gasteiger partial charge in [0.1, 0.15) is 0 Å². The fraction of sp³-hybridized carbons (Fsp3) is 0.600. The fourth-order valence-electron chi connectivity index (χ4n) is 2.64. The van der Waals surface area contributed by atoms with Gasteiger partial charge in [-0.25, -0.2) is 0 Å². The van der Waals surface area contributed by atoms with Crippen molar-refractivity contribution in [2.45, 2.75) is 50.3 Å². The molecule has 92 valence electrons. The van der Waals surface area contributed by atoms with E-state index < -0.39 is 0 Å². The molecule has 1 N–H and O–H groups in total. The first-order valence-electron chi connectivity index (χ1n) is 6.83. The normalized spacial score (nSPS) is 26.0. The molecule has 0 amide bonds. The highest BCUT2D eigenvalue weighted by Crippen LogP contribution is 2.24. The van der Waals surface area contributed by atoms with Crippen LogP contribution in [0.15, 0.2) is 30.3 Å². The summed E-state index contributed by atoms with van der Waals surface area (Å²) in [5.41, 5.74) is 1.42. The summed E-state index contributed by atoms with van der Waals surface area (Å²) in [6.07, 6.45) is 6.66. The zero-order valence-corrected chi connectivity index (χ0v) is 10.3. The lowest BCUT2D eigenvalue weighted by atomic mass is 9.99. The van der Waals surface area contributed by atoms with Crippen molar-refractivity contribution in [3.63, 3.8) is 0 Å². The van der Waals surface area contributed by atoms with Crippen molar-refractivity contribution in [3.05, 3.63) is 35.9 Å². The minimum absolute atomic E-state index is 0.427. The summed E-state index contributed by atoms with van der Waals surface area (Å²) in [5.74, 6) is 0. The molecule has 2 fully saturated rings. The standard InChI is InChI=1S/C15H21NO/c1-2-5-12(6-3-1)11-14(16-13-8-9-13)15-7-4-10-17-15/h1-3,5-6,13-16H,4,7-11H2/t14-,15-/m1/s1. The van der Waals surface area contributed by atoms with E-state index in [1.54, 1.807) is 0 Å². The molecule has 0 radical (unpaired) electrons. The molecular formula is C15H21NO. The Morgan fingerprint density at radius 3 is 2.65 bits per heavy atom. The first-order valence-corrected chi connectivity index (χ1v) is 6.83. The SMILES string of the molecule is c1ccc(C[C@@H](NC2CC2)[C@H]2CCCO2)cc1. The third-order valence-electron chi connectivity index (χ3n) is 3.74. The molecule has 1 saturated carbocycles. The molecular weight excluding hydrogens is 210 g/mol. The number of hydrogen-bond donors (Lipinski definition) is 1. The number of hydrogen-bond acceptors (Lipinski definition) is 2. The van der Waals surface area contributed by atoms with Crippen LogP contribution in [0.1, 0.15) is 31.2 Å². The number of nitrogens with one attached hydrogen (secondary N) is 1. The summed E-state index contributed by atoms with van der Waals surface area (Å²) in [6.45, 7) is 0.947. The summed E-state index contributed by atoms with van der Waals surface area (Å²) in [4.78, 5) is 0. The van der Waals surface area contributed by atoms with Crippen molar-refractivity contribution in [2.24, 2.45) is 0 Å². The van der Waals surface area contributed by atoms with Gasteiger partial charge in [-0.2, -0.15) is 0 Å². The molecule has 3 rings (SSSR count). The molecule has 0 unspecified atom stereocenters. The molecule has 1 aliphatic carbocycles. The van der Waals surface area contributed by atoms with Crippen LogP contribution in [0.25, 0.3) is 0 Å². The van der Waals surface area contributed by atoms with Crippen LogP contribution in [0.5, 0.6) is 0 Å². The number of rotatable bonds is 5. The molecule has 0 bridgehead atoms. The Balaban J connectivity index is 1.64. The van der Waals surface area contributed by atoms with E-state index in [9.17, 15) is 0 Å². The van der Waals surface area contributed by atoms with Crippen LogP contribution in [0.3, 0.4) is 0 Å². The van der Waals surface area contributed by atoms with Crippen LogP contribution in [-0.2, 0) is 11.2 Å². The second kappa shape index (κ2) is 5.19. The number of benzene rings is 1. The minimum Gasteiger partial charge on any atom is -0.377 e. The molecule has 2 atom stereocenters. The van der Waals surface area contributed by atoms with E-state index in [4.69, 9.17) is 4.74 Å². The lowest BCUT2D eigenvalue weighted by Gasteiger charge is -2.24. The van der Waals surface area contributed by atoms with Crippen molar-refractivity contribution in [2.75, 3.05) is 6.61 Å². The molecule has 1 aliphatic heterocycles. The van der Waals surface area contributed by atoms with Crippen molar-refractivity contribution in [1.82, 2.24) is 5.32 Å². The second-order valence-corrected chi connectivity index (χ2v) is 5.29. The fourth-order valence-corrected chi connectivity index (χ4v) is 2.64. The summed E-state index contributed by atoms with van der Waals surface area (Å²) in [6, 6.07) is 12.0. The molecule has 1 saturated heterocycles. The van der Waals surface area contributed by atoms with E-state index in [2.05, 4.69) is 35.6 Å². The highest BCUT2D eigenvalue weighted by Gasteiger charge is 2.31. The Morgan fingerprint density at radius 2 is 2.00 bits per heavy atom. The molecule has 1 aromatic carbocycles.